The molecule has 1 aromatic carbocycles. The number of ether oxygens (including phenoxy) is 2. The van der Waals surface area contributed by atoms with Gasteiger partial charge in [0.1, 0.15) is 33.8 Å². The highest BCUT2D eigenvalue weighted by atomic mass is 16.7. The zero-order valence-corrected chi connectivity index (χ0v) is 12.2. The summed E-state index contributed by atoms with van der Waals surface area (Å²) in [4.78, 5) is 23.4. The lowest BCUT2D eigenvalue weighted by molar-refractivity contribution is 0.0206. The maximum absolute atomic E-state index is 11.8. The van der Waals surface area contributed by atoms with Crippen molar-refractivity contribution in [2.75, 3.05) is 0 Å². The van der Waals surface area contributed by atoms with E-state index in [0.717, 1.165) is 0 Å². The van der Waals surface area contributed by atoms with Gasteiger partial charge in [-0.05, 0) is 27.7 Å². The second-order valence-electron chi connectivity index (χ2n) is 5.60. The van der Waals surface area contributed by atoms with E-state index >= 15 is 0 Å². The number of phenolic OH excluding ortho intramolecular Hbond substituents is 1. The number of hydrogen-bond donors (Lipinski definition) is 1. The lowest BCUT2D eigenvalue weighted by Crippen LogP contribution is -2.25. The first-order valence-electron chi connectivity index (χ1n) is 6.34. The summed E-state index contributed by atoms with van der Waals surface area (Å²) in [5, 5.41) is 9.92. The Labute approximate surface area is 120 Å². The first-order chi connectivity index (χ1) is 9.65. The molecule has 0 saturated heterocycles. The van der Waals surface area contributed by atoms with E-state index in [9.17, 15) is 14.7 Å². The molecule has 0 bridgehead atoms. The molecule has 21 heavy (non-hydrogen) atoms. The van der Waals surface area contributed by atoms with Crippen molar-refractivity contribution in [1.82, 2.24) is 0 Å². The molecule has 2 rings (SSSR count). The van der Waals surface area contributed by atoms with Gasteiger partial charge < -0.3 is 19.0 Å². The third kappa shape index (κ3) is 3.53. The predicted molar refractivity (Wildman–Crippen MR) is 75.7 cm³/mol. The summed E-state index contributed by atoms with van der Waals surface area (Å²) in [7, 11) is 0. The van der Waals surface area contributed by atoms with Crippen LogP contribution >= 0.6 is 0 Å². The molecule has 0 saturated carbocycles. The zero-order valence-electron chi connectivity index (χ0n) is 12.2. The van der Waals surface area contributed by atoms with Crippen LogP contribution in [0.25, 0.3) is 11.0 Å². The Morgan fingerprint density at radius 3 is 2.52 bits per heavy atom. The van der Waals surface area contributed by atoms with Crippen LogP contribution in [0.3, 0.4) is 0 Å². The summed E-state index contributed by atoms with van der Waals surface area (Å²) in [6.07, 6.45) is -0.906. The number of phenols is 1. The maximum Gasteiger partial charge on any atom is 0.514 e. The van der Waals surface area contributed by atoms with E-state index in [1.54, 1.807) is 27.7 Å². The molecule has 1 aromatic heterocycles. The van der Waals surface area contributed by atoms with Gasteiger partial charge >= 0.3 is 6.16 Å². The Morgan fingerprint density at radius 2 is 1.90 bits per heavy atom. The molecule has 0 spiro atoms. The molecule has 0 aliphatic carbocycles. The van der Waals surface area contributed by atoms with Crippen LogP contribution in [-0.4, -0.2) is 16.9 Å². The average Bonchev–Trinajstić information content (AvgIpc) is 2.23. The highest BCUT2D eigenvalue weighted by Gasteiger charge is 2.19. The summed E-state index contributed by atoms with van der Waals surface area (Å²) >= 11 is 0. The summed E-state index contributed by atoms with van der Waals surface area (Å²) in [5.74, 6) is 0.101. The number of rotatable bonds is 1. The molecule has 6 heteroatoms. The third-order valence-electron chi connectivity index (χ3n) is 2.50. The molecular formula is C15H16O6. The predicted octanol–water partition coefficient (Wildman–Crippen LogP) is 3.12. The fourth-order valence-electron chi connectivity index (χ4n) is 1.79. The number of carbonyl (C=O) groups excluding carboxylic acids is 1. The lowest BCUT2D eigenvalue weighted by Gasteiger charge is -2.18. The smallest absolute Gasteiger partial charge is 0.507 e. The van der Waals surface area contributed by atoms with E-state index in [1.165, 1.54) is 18.2 Å². The minimum atomic E-state index is -0.906. The summed E-state index contributed by atoms with van der Waals surface area (Å²) in [6.45, 7) is 6.72. The van der Waals surface area contributed by atoms with Gasteiger partial charge in [0.15, 0.2) is 5.43 Å². The standard InChI is InChI=1S/C15H16O6/c1-8-5-10(16)13-11(17)6-9(7-12(13)19-8)20-14(18)21-15(2,3)4/h5-7,17H,1-4H3. The van der Waals surface area contributed by atoms with Crippen molar-refractivity contribution in [1.29, 1.82) is 0 Å². The van der Waals surface area contributed by atoms with Gasteiger partial charge in [0.2, 0.25) is 0 Å². The van der Waals surface area contributed by atoms with E-state index in [1.807, 2.05) is 0 Å². The minimum Gasteiger partial charge on any atom is -0.507 e. The van der Waals surface area contributed by atoms with Crippen LogP contribution in [0.15, 0.2) is 27.4 Å². The Kier molecular flexibility index (Phi) is 3.63. The summed E-state index contributed by atoms with van der Waals surface area (Å²) in [6, 6.07) is 3.79. The molecule has 0 fully saturated rings. The van der Waals surface area contributed by atoms with Crippen LogP contribution in [0, 0.1) is 6.92 Å². The van der Waals surface area contributed by atoms with E-state index in [4.69, 9.17) is 13.9 Å². The van der Waals surface area contributed by atoms with Crippen LogP contribution in [0.1, 0.15) is 26.5 Å². The molecule has 0 unspecified atom stereocenters. The van der Waals surface area contributed by atoms with Gasteiger partial charge in [-0.15, -0.1) is 0 Å². The Bertz CT molecular complexity index is 751. The molecule has 0 atom stereocenters. The maximum atomic E-state index is 11.8. The van der Waals surface area contributed by atoms with Crippen molar-refractivity contribution in [3.05, 3.63) is 34.2 Å². The van der Waals surface area contributed by atoms with Gasteiger partial charge in [0.25, 0.3) is 0 Å². The largest absolute Gasteiger partial charge is 0.514 e. The molecule has 0 aliphatic heterocycles. The number of carbonyl (C=O) groups is 1. The van der Waals surface area contributed by atoms with Crippen molar-refractivity contribution in [2.45, 2.75) is 33.3 Å². The fourth-order valence-corrected chi connectivity index (χ4v) is 1.79. The zero-order chi connectivity index (χ0) is 15.8. The SMILES string of the molecule is Cc1cc(=O)c2c(O)cc(OC(=O)OC(C)(C)C)cc2o1. The van der Waals surface area contributed by atoms with Crippen molar-refractivity contribution < 1.29 is 23.8 Å². The summed E-state index contributed by atoms with van der Waals surface area (Å²) < 4.78 is 15.3. The van der Waals surface area contributed by atoms with Gasteiger partial charge in [-0.1, -0.05) is 0 Å². The van der Waals surface area contributed by atoms with Crippen LogP contribution in [-0.2, 0) is 4.74 Å². The molecule has 1 heterocycles. The number of aryl methyl sites for hydroxylation is 1. The van der Waals surface area contributed by atoms with Crippen LogP contribution in [0.5, 0.6) is 11.5 Å². The van der Waals surface area contributed by atoms with Gasteiger partial charge in [0.05, 0.1) is 0 Å². The quantitative estimate of drug-likeness (QED) is 0.642. The Morgan fingerprint density at radius 1 is 1.24 bits per heavy atom. The van der Waals surface area contributed by atoms with Crippen molar-refractivity contribution in [2.24, 2.45) is 0 Å². The van der Waals surface area contributed by atoms with E-state index in [2.05, 4.69) is 0 Å². The summed E-state index contributed by atoms with van der Waals surface area (Å²) in [5.41, 5.74) is -0.923. The lowest BCUT2D eigenvalue weighted by atomic mass is 10.2. The van der Waals surface area contributed by atoms with Gasteiger partial charge in [0, 0.05) is 18.2 Å². The first-order valence-corrected chi connectivity index (χ1v) is 6.34. The Balaban J connectivity index is 2.39. The molecule has 0 radical (unpaired) electrons. The van der Waals surface area contributed by atoms with Gasteiger partial charge in [-0.25, -0.2) is 4.79 Å². The fraction of sp³-hybridized carbons (Fsp3) is 0.333. The molecule has 0 amide bonds. The molecule has 2 aromatic rings. The van der Waals surface area contributed by atoms with Crippen LogP contribution in [0.4, 0.5) is 4.79 Å². The van der Waals surface area contributed by atoms with Gasteiger partial charge in [-0.3, -0.25) is 4.79 Å². The minimum absolute atomic E-state index is 0.0306. The average molecular weight is 292 g/mol. The first kappa shape index (κ1) is 14.9. The van der Waals surface area contributed by atoms with Crippen molar-refractivity contribution in [3.63, 3.8) is 0 Å². The monoisotopic (exact) mass is 292 g/mol. The molecular weight excluding hydrogens is 276 g/mol. The number of fused-ring (bicyclic) bond motifs is 1. The number of aromatic hydroxyl groups is 1. The highest BCUT2D eigenvalue weighted by Crippen LogP contribution is 2.29. The van der Waals surface area contributed by atoms with Gasteiger partial charge in [-0.2, -0.15) is 0 Å². The molecule has 1 N–H and O–H groups in total. The van der Waals surface area contributed by atoms with Crippen molar-refractivity contribution in [3.8, 4) is 11.5 Å². The van der Waals surface area contributed by atoms with E-state index in [-0.39, 0.29) is 27.9 Å². The highest BCUT2D eigenvalue weighted by molar-refractivity contribution is 5.85. The molecule has 0 aliphatic rings. The van der Waals surface area contributed by atoms with Crippen LogP contribution in [0.2, 0.25) is 0 Å². The van der Waals surface area contributed by atoms with Crippen LogP contribution < -0.4 is 10.2 Å². The van der Waals surface area contributed by atoms with Crippen molar-refractivity contribution >= 4 is 17.1 Å². The second kappa shape index (κ2) is 5.12. The van der Waals surface area contributed by atoms with E-state index < -0.39 is 11.8 Å². The number of benzene rings is 1. The number of hydrogen-bond acceptors (Lipinski definition) is 6. The normalized spacial score (nSPS) is 11.4. The second-order valence-corrected chi connectivity index (χ2v) is 5.60. The topological polar surface area (TPSA) is 86.0 Å². The third-order valence-corrected chi connectivity index (χ3v) is 2.50. The van der Waals surface area contributed by atoms with E-state index in [0.29, 0.717) is 5.76 Å². The molecule has 6 nitrogen and oxygen atoms in total. The Hall–Kier alpha value is -2.50. The molecule has 112 valence electrons.